The van der Waals surface area contributed by atoms with Crippen LogP contribution in [0.15, 0.2) is 0 Å². The van der Waals surface area contributed by atoms with E-state index in [1.54, 1.807) is 25.7 Å². The van der Waals surface area contributed by atoms with E-state index >= 15 is 0 Å². The predicted molar refractivity (Wildman–Crippen MR) is 76.1 cm³/mol. The molecule has 0 rings (SSSR count). The molecule has 0 saturated carbocycles. The van der Waals surface area contributed by atoms with E-state index in [9.17, 15) is 14.7 Å². The lowest BCUT2D eigenvalue weighted by atomic mass is 9.98. The van der Waals surface area contributed by atoms with Crippen LogP contribution in [0, 0.1) is 0 Å². The van der Waals surface area contributed by atoms with E-state index in [1.165, 1.54) is 0 Å². The second-order valence-corrected chi connectivity index (χ2v) is 6.05. The molecule has 2 N–H and O–H groups in total. The zero-order valence-corrected chi connectivity index (χ0v) is 13.2. The summed E-state index contributed by atoms with van der Waals surface area (Å²) in [6.45, 7) is 13.3. The Bertz CT molecular complexity index is 338. The van der Waals surface area contributed by atoms with Crippen LogP contribution in [0.2, 0.25) is 0 Å². The maximum absolute atomic E-state index is 12.2. The zero-order valence-electron chi connectivity index (χ0n) is 13.2. The number of likely N-dealkylation sites (N-methyl/N-ethyl adjacent to an activating group) is 1. The van der Waals surface area contributed by atoms with Gasteiger partial charge < -0.3 is 10.4 Å². The SMILES string of the molecule is CCN(C(C)C(=O)NC(C)(C)CC)C(C)(C)C(=O)O. The van der Waals surface area contributed by atoms with E-state index in [0.717, 1.165) is 6.42 Å². The number of aliphatic carboxylic acids is 1. The van der Waals surface area contributed by atoms with Crippen LogP contribution < -0.4 is 5.32 Å². The second kappa shape index (κ2) is 6.37. The van der Waals surface area contributed by atoms with Crippen molar-refractivity contribution in [1.29, 1.82) is 0 Å². The van der Waals surface area contributed by atoms with Gasteiger partial charge in [0.15, 0.2) is 0 Å². The lowest BCUT2D eigenvalue weighted by Gasteiger charge is -2.39. The van der Waals surface area contributed by atoms with Crippen molar-refractivity contribution >= 4 is 11.9 Å². The van der Waals surface area contributed by atoms with Gasteiger partial charge in [-0.3, -0.25) is 14.5 Å². The van der Waals surface area contributed by atoms with Gasteiger partial charge in [0.25, 0.3) is 0 Å². The minimum atomic E-state index is -1.07. The fourth-order valence-corrected chi connectivity index (χ4v) is 1.94. The van der Waals surface area contributed by atoms with E-state index in [1.807, 2.05) is 27.7 Å². The summed E-state index contributed by atoms with van der Waals surface area (Å²) in [6, 6.07) is -0.484. The van der Waals surface area contributed by atoms with Crippen LogP contribution in [0.5, 0.6) is 0 Å². The van der Waals surface area contributed by atoms with Gasteiger partial charge in [0.05, 0.1) is 6.04 Å². The number of carboxylic acid groups (broad SMARTS) is 1. The predicted octanol–water partition coefficient (Wildman–Crippen LogP) is 1.86. The van der Waals surface area contributed by atoms with Crippen LogP contribution in [-0.4, -0.2) is 45.5 Å². The van der Waals surface area contributed by atoms with Crippen LogP contribution in [0.4, 0.5) is 0 Å². The Morgan fingerprint density at radius 2 is 1.68 bits per heavy atom. The third-order valence-corrected chi connectivity index (χ3v) is 3.77. The summed E-state index contributed by atoms with van der Waals surface area (Å²) in [4.78, 5) is 25.2. The highest BCUT2D eigenvalue weighted by molar-refractivity contribution is 5.84. The molecule has 19 heavy (non-hydrogen) atoms. The van der Waals surface area contributed by atoms with Gasteiger partial charge in [0, 0.05) is 5.54 Å². The van der Waals surface area contributed by atoms with Crippen molar-refractivity contribution in [3.8, 4) is 0 Å². The molecule has 0 fully saturated rings. The largest absolute Gasteiger partial charge is 0.480 e. The molecule has 1 unspecified atom stereocenters. The molecule has 1 amide bonds. The fourth-order valence-electron chi connectivity index (χ4n) is 1.94. The lowest BCUT2D eigenvalue weighted by Crippen LogP contribution is -2.59. The molecule has 5 heteroatoms. The lowest BCUT2D eigenvalue weighted by molar-refractivity contribution is -0.152. The average molecular weight is 272 g/mol. The molecule has 0 bridgehead atoms. The monoisotopic (exact) mass is 272 g/mol. The minimum absolute atomic E-state index is 0.136. The summed E-state index contributed by atoms with van der Waals surface area (Å²) in [5.74, 6) is -1.06. The summed E-state index contributed by atoms with van der Waals surface area (Å²) in [5, 5.41) is 12.2. The Morgan fingerprint density at radius 3 is 2.00 bits per heavy atom. The number of nitrogens with zero attached hydrogens (tertiary/aromatic N) is 1. The molecule has 0 radical (unpaired) electrons. The number of nitrogens with one attached hydrogen (secondary N) is 1. The smallest absolute Gasteiger partial charge is 0.323 e. The summed E-state index contributed by atoms with van der Waals surface area (Å²) >= 11 is 0. The first-order valence-electron chi connectivity index (χ1n) is 6.81. The third kappa shape index (κ3) is 4.49. The van der Waals surface area contributed by atoms with Gasteiger partial charge in [-0.05, 0) is 47.6 Å². The van der Waals surface area contributed by atoms with E-state index in [2.05, 4.69) is 5.32 Å². The quantitative estimate of drug-likeness (QED) is 0.742. The Balaban J connectivity index is 5.01. The number of hydrogen-bond donors (Lipinski definition) is 2. The molecule has 0 aliphatic rings. The highest BCUT2D eigenvalue weighted by Crippen LogP contribution is 2.19. The fraction of sp³-hybridized carbons (Fsp3) is 0.857. The van der Waals surface area contributed by atoms with E-state index in [-0.39, 0.29) is 11.4 Å². The molecule has 112 valence electrons. The number of carbonyl (C=O) groups excluding carboxylic acids is 1. The first-order chi connectivity index (χ1) is 8.49. The number of carbonyl (C=O) groups is 2. The highest BCUT2D eigenvalue weighted by atomic mass is 16.4. The standard InChI is InChI=1S/C14H28N2O3/c1-8-13(4,5)15-11(17)10(3)16(9-2)14(6,7)12(18)19/h10H,8-9H2,1-7H3,(H,15,17)(H,18,19). The van der Waals surface area contributed by atoms with Gasteiger partial charge >= 0.3 is 5.97 Å². The van der Waals surface area contributed by atoms with E-state index in [4.69, 9.17) is 0 Å². The molecular weight excluding hydrogens is 244 g/mol. The van der Waals surface area contributed by atoms with E-state index < -0.39 is 17.6 Å². The number of amides is 1. The normalized spacial score (nSPS) is 14.3. The summed E-state index contributed by atoms with van der Waals surface area (Å²) in [5.41, 5.74) is -1.35. The highest BCUT2D eigenvalue weighted by Gasteiger charge is 2.39. The number of carboxylic acids is 1. The van der Waals surface area contributed by atoms with Crippen molar-refractivity contribution in [2.75, 3.05) is 6.54 Å². The van der Waals surface area contributed by atoms with Gasteiger partial charge in [-0.1, -0.05) is 13.8 Å². The van der Waals surface area contributed by atoms with Crippen LogP contribution in [0.3, 0.4) is 0 Å². The Labute approximate surface area is 116 Å². The average Bonchev–Trinajstić information content (AvgIpc) is 2.28. The first-order valence-corrected chi connectivity index (χ1v) is 6.81. The maximum Gasteiger partial charge on any atom is 0.323 e. The van der Waals surface area contributed by atoms with E-state index in [0.29, 0.717) is 6.54 Å². The van der Waals surface area contributed by atoms with Crippen molar-refractivity contribution in [2.45, 2.75) is 72.0 Å². The number of rotatable bonds is 7. The number of hydrogen-bond acceptors (Lipinski definition) is 3. The molecule has 0 spiro atoms. The van der Waals surface area contributed by atoms with Crippen LogP contribution >= 0.6 is 0 Å². The molecule has 0 aliphatic heterocycles. The Morgan fingerprint density at radius 1 is 1.21 bits per heavy atom. The molecule has 1 atom stereocenters. The third-order valence-electron chi connectivity index (χ3n) is 3.77. The van der Waals surface area contributed by atoms with Crippen molar-refractivity contribution in [3.05, 3.63) is 0 Å². The summed E-state index contributed by atoms with van der Waals surface area (Å²) in [6.07, 6.45) is 0.819. The molecule has 0 aromatic rings. The van der Waals surface area contributed by atoms with Crippen molar-refractivity contribution < 1.29 is 14.7 Å². The minimum Gasteiger partial charge on any atom is -0.480 e. The molecule has 0 heterocycles. The van der Waals surface area contributed by atoms with Crippen LogP contribution in [0.25, 0.3) is 0 Å². The molecule has 0 aliphatic carbocycles. The van der Waals surface area contributed by atoms with Gasteiger partial charge in [-0.25, -0.2) is 0 Å². The summed E-state index contributed by atoms with van der Waals surface area (Å²) < 4.78 is 0. The van der Waals surface area contributed by atoms with Gasteiger partial charge in [-0.2, -0.15) is 0 Å². The Kier molecular flexibility index (Phi) is 6.00. The Hall–Kier alpha value is -1.10. The molecule has 0 aromatic carbocycles. The van der Waals surface area contributed by atoms with Gasteiger partial charge in [0.2, 0.25) is 5.91 Å². The maximum atomic E-state index is 12.2. The summed E-state index contributed by atoms with van der Waals surface area (Å²) in [7, 11) is 0. The zero-order chi connectivity index (χ0) is 15.4. The molecule has 0 aromatic heterocycles. The topological polar surface area (TPSA) is 69.6 Å². The van der Waals surface area contributed by atoms with Crippen LogP contribution in [0.1, 0.15) is 54.9 Å². The molecule has 5 nitrogen and oxygen atoms in total. The van der Waals surface area contributed by atoms with Gasteiger partial charge in [-0.15, -0.1) is 0 Å². The van der Waals surface area contributed by atoms with Crippen molar-refractivity contribution in [2.24, 2.45) is 0 Å². The molecule has 0 saturated heterocycles. The van der Waals surface area contributed by atoms with Crippen molar-refractivity contribution in [3.63, 3.8) is 0 Å². The molecular formula is C14H28N2O3. The van der Waals surface area contributed by atoms with Crippen molar-refractivity contribution in [1.82, 2.24) is 10.2 Å². The van der Waals surface area contributed by atoms with Gasteiger partial charge in [0.1, 0.15) is 5.54 Å². The second-order valence-electron chi connectivity index (χ2n) is 6.05. The van der Waals surface area contributed by atoms with Crippen LogP contribution in [-0.2, 0) is 9.59 Å². The first kappa shape index (κ1) is 17.9.